The van der Waals surface area contributed by atoms with Gasteiger partial charge in [-0.05, 0) is 29.8 Å². The number of aliphatic hydroxyl groups excluding tert-OH is 1. The van der Waals surface area contributed by atoms with Gasteiger partial charge in [0, 0.05) is 54.1 Å². The van der Waals surface area contributed by atoms with E-state index in [0.29, 0.717) is 22.3 Å². The number of amides is 2. The Morgan fingerprint density at radius 1 is 0.870 bits per heavy atom. The third-order valence-corrected chi connectivity index (χ3v) is 9.31. The first-order valence-corrected chi connectivity index (χ1v) is 17.7. The van der Waals surface area contributed by atoms with E-state index < -0.39 is 59.4 Å². The monoisotopic (exact) mass is 738 g/mol. The van der Waals surface area contributed by atoms with Crippen LogP contribution < -0.4 is 10.6 Å². The first-order chi connectivity index (χ1) is 26.0. The van der Waals surface area contributed by atoms with Crippen LogP contribution in [-0.2, 0) is 48.6 Å². The zero-order valence-corrected chi connectivity index (χ0v) is 29.9. The molecule has 2 heterocycles. The zero-order chi connectivity index (χ0) is 38.3. The van der Waals surface area contributed by atoms with E-state index in [1.54, 1.807) is 44.2 Å². The van der Waals surface area contributed by atoms with Gasteiger partial charge in [0.15, 0.2) is 0 Å². The number of fused-ring (bicyclic) bond motifs is 1. The number of rotatable bonds is 13. The topological polar surface area (TPSA) is 176 Å². The van der Waals surface area contributed by atoms with Crippen molar-refractivity contribution < 1.29 is 52.8 Å². The van der Waals surface area contributed by atoms with Crippen molar-refractivity contribution in [2.75, 3.05) is 26.3 Å². The lowest BCUT2D eigenvalue weighted by molar-refractivity contribution is -0.159. The highest BCUT2D eigenvalue weighted by molar-refractivity contribution is 5.95. The van der Waals surface area contributed by atoms with Gasteiger partial charge in [-0.1, -0.05) is 86.6 Å². The maximum absolute atomic E-state index is 13.6. The molecule has 0 bridgehead atoms. The Morgan fingerprint density at radius 3 is 2.15 bits per heavy atom. The summed E-state index contributed by atoms with van der Waals surface area (Å²) in [6, 6.07) is 25.1. The highest BCUT2D eigenvalue weighted by Gasteiger charge is 2.55. The first kappa shape index (κ1) is 38.1. The van der Waals surface area contributed by atoms with Crippen LogP contribution >= 0.6 is 0 Å². The summed E-state index contributed by atoms with van der Waals surface area (Å²) < 4.78 is 29.9. The maximum atomic E-state index is 13.6. The molecule has 3 aromatic rings. The number of nitrogens with one attached hydrogen (secondary N) is 2. The molecule has 2 saturated heterocycles. The fourth-order valence-electron chi connectivity index (χ4n) is 6.47. The molecular weight excluding hydrogens is 696 g/mol. The molecule has 6 rings (SSSR count). The van der Waals surface area contributed by atoms with E-state index in [2.05, 4.69) is 10.6 Å². The summed E-state index contributed by atoms with van der Waals surface area (Å²) in [4.78, 5) is 63.5. The number of cyclic esters (lactones) is 1. The molecular formula is C41H42N2O11. The predicted molar refractivity (Wildman–Crippen MR) is 193 cm³/mol. The minimum Gasteiger partial charge on any atom is -0.462 e. The fraction of sp³-hybridized carbons (Fsp3) is 0.341. The van der Waals surface area contributed by atoms with Crippen molar-refractivity contribution in [3.8, 4) is 0 Å². The van der Waals surface area contributed by atoms with Crippen molar-refractivity contribution in [1.29, 1.82) is 0 Å². The normalized spacial score (nSPS) is 22.4. The van der Waals surface area contributed by atoms with Gasteiger partial charge in [0.25, 0.3) is 0 Å². The third-order valence-electron chi connectivity index (χ3n) is 9.31. The number of carbonyl (C=O) groups is 5. The molecule has 13 nitrogen and oxygen atoms in total. The van der Waals surface area contributed by atoms with Gasteiger partial charge < -0.3 is 39.4 Å². The smallest absolute Gasteiger partial charge is 0.348 e. The molecule has 1 aliphatic carbocycles. The van der Waals surface area contributed by atoms with Crippen LogP contribution in [0.3, 0.4) is 0 Å². The third kappa shape index (κ3) is 8.60. The molecule has 54 heavy (non-hydrogen) atoms. The maximum Gasteiger partial charge on any atom is 0.348 e. The Morgan fingerprint density at radius 2 is 1.54 bits per heavy atom. The van der Waals surface area contributed by atoms with Gasteiger partial charge in [0.05, 0.1) is 12.2 Å². The Bertz CT molecular complexity index is 1870. The van der Waals surface area contributed by atoms with E-state index in [4.69, 9.17) is 28.8 Å². The molecule has 282 valence electrons. The van der Waals surface area contributed by atoms with Crippen molar-refractivity contribution in [2.45, 2.75) is 56.9 Å². The van der Waals surface area contributed by atoms with Crippen LogP contribution in [0.15, 0.2) is 103 Å². The lowest BCUT2D eigenvalue weighted by Crippen LogP contribution is -2.44. The van der Waals surface area contributed by atoms with Crippen LogP contribution in [0.5, 0.6) is 0 Å². The summed E-state index contributed by atoms with van der Waals surface area (Å²) in [7, 11) is 0. The number of aliphatic hydroxyl groups is 1. The lowest BCUT2D eigenvalue weighted by Gasteiger charge is -2.31. The average molecular weight is 739 g/mol. The second-order valence-corrected chi connectivity index (χ2v) is 13.8. The van der Waals surface area contributed by atoms with Gasteiger partial charge in [-0.15, -0.1) is 0 Å². The van der Waals surface area contributed by atoms with E-state index in [1.807, 2.05) is 60.7 Å². The second-order valence-electron chi connectivity index (χ2n) is 13.8. The molecule has 0 spiro atoms. The van der Waals surface area contributed by atoms with E-state index in [9.17, 15) is 24.0 Å². The summed E-state index contributed by atoms with van der Waals surface area (Å²) in [5.41, 5.74) is 1.89. The van der Waals surface area contributed by atoms with Crippen molar-refractivity contribution in [3.05, 3.63) is 125 Å². The molecule has 2 aliphatic heterocycles. The van der Waals surface area contributed by atoms with Crippen molar-refractivity contribution >= 4 is 35.8 Å². The van der Waals surface area contributed by atoms with E-state index in [-0.39, 0.29) is 50.6 Å². The standard InChI is InChI=1S/C41H42N2O11/c1-40(2)25-50-39(49)36(40)52-34(46)18-15-26-13-16-27(17-14-26)38(48)51-31-23-28(37(47)43-20-19-33(45)42-21-22-44)24-32-35(31)54-41(53-32,29-9-5-3-6-10-29)30-11-7-4-8-12-30/h3-18,24,31-32,35-36,44H,19-23,25H2,1-2H3,(H,42,45)(H,43,47). The molecule has 3 N–H and O–H groups in total. The van der Waals surface area contributed by atoms with Crippen molar-refractivity contribution in [2.24, 2.45) is 5.41 Å². The van der Waals surface area contributed by atoms with Crippen LogP contribution in [0.25, 0.3) is 6.08 Å². The molecule has 2 amide bonds. The van der Waals surface area contributed by atoms with Gasteiger partial charge in [0.2, 0.25) is 23.7 Å². The Hall–Kier alpha value is -5.63. The van der Waals surface area contributed by atoms with Crippen molar-refractivity contribution in [3.63, 3.8) is 0 Å². The van der Waals surface area contributed by atoms with Crippen LogP contribution in [0, 0.1) is 5.41 Å². The first-order valence-electron chi connectivity index (χ1n) is 17.7. The Balaban J connectivity index is 1.19. The van der Waals surface area contributed by atoms with Crippen molar-refractivity contribution in [1.82, 2.24) is 10.6 Å². The highest BCUT2D eigenvalue weighted by Crippen LogP contribution is 2.47. The SMILES string of the molecule is CC1(C)COC(=O)C1OC(=O)C=Cc1ccc(C(=O)OC2CC(C(=O)NCCC(=O)NCCO)=CC3OC(c4ccccc4)(c4ccccc4)OC32)cc1. The van der Waals surface area contributed by atoms with E-state index >= 15 is 0 Å². The summed E-state index contributed by atoms with van der Waals surface area (Å²) in [5.74, 6) is -4.11. The minimum atomic E-state index is -1.38. The highest BCUT2D eigenvalue weighted by atomic mass is 16.8. The van der Waals surface area contributed by atoms with E-state index in [0.717, 1.165) is 0 Å². The second kappa shape index (κ2) is 16.6. The van der Waals surface area contributed by atoms with Gasteiger partial charge in [0.1, 0.15) is 24.9 Å². The molecule has 0 aromatic heterocycles. The summed E-state index contributed by atoms with van der Waals surface area (Å²) >= 11 is 0. The Labute approximate surface area is 312 Å². The van der Waals surface area contributed by atoms with Gasteiger partial charge in [-0.2, -0.15) is 0 Å². The number of ether oxygens (including phenoxy) is 5. The van der Waals surface area contributed by atoms with Crippen LogP contribution in [0.2, 0.25) is 0 Å². The summed E-state index contributed by atoms with van der Waals surface area (Å²) in [6.45, 7) is 3.67. The summed E-state index contributed by atoms with van der Waals surface area (Å²) in [6.07, 6.45) is 0.833. The molecule has 13 heteroatoms. The van der Waals surface area contributed by atoms with E-state index in [1.165, 1.54) is 12.2 Å². The van der Waals surface area contributed by atoms with Gasteiger partial charge in [-0.25, -0.2) is 14.4 Å². The number of esters is 3. The predicted octanol–water partition coefficient (Wildman–Crippen LogP) is 3.35. The Kier molecular flexibility index (Phi) is 11.7. The quantitative estimate of drug-likeness (QED) is 0.133. The summed E-state index contributed by atoms with van der Waals surface area (Å²) in [5, 5.41) is 14.2. The number of benzene rings is 3. The molecule has 0 saturated carbocycles. The molecule has 4 atom stereocenters. The zero-order valence-electron chi connectivity index (χ0n) is 29.9. The van der Waals surface area contributed by atoms with Crippen LogP contribution in [0.4, 0.5) is 0 Å². The molecule has 3 aliphatic rings. The number of carbonyl (C=O) groups excluding carboxylic acids is 5. The molecule has 4 unspecified atom stereocenters. The fourth-order valence-corrected chi connectivity index (χ4v) is 6.47. The number of hydrogen-bond donors (Lipinski definition) is 3. The van der Waals surface area contributed by atoms with Gasteiger partial charge in [-0.3, -0.25) is 9.59 Å². The van der Waals surface area contributed by atoms with Gasteiger partial charge >= 0.3 is 17.9 Å². The molecule has 3 aromatic carbocycles. The largest absolute Gasteiger partial charge is 0.462 e. The lowest BCUT2D eigenvalue weighted by atomic mass is 9.90. The van der Waals surface area contributed by atoms with Crippen LogP contribution in [0.1, 0.15) is 53.7 Å². The molecule has 0 radical (unpaired) electrons. The molecule has 2 fully saturated rings. The average Bonchev–Trinajstić information content (AvgIpc) is 3.71. The number of hydrogen-bond acceptors (Lipinski definition) is 11. The van der Waals surface area contributed by atoms with Crippen LogP contribution in [-0.4, -0.2) is 85.5 Å². The minimum absolute atomic E-state index is 0.00669.